The van der Waals surface area contributed by atoms with Crippen molar-refractivity contribution in [2.24, 2.45) is 0 Å². The first-order chi connectivity index (χ1) is 18.7. The molecule has 2 aliphatic heterocycles. The molecule has 0 aliphatic carbocycles. The highest BCUT2D eigenvalue weighted by Crippen LogP contribution is 2.33. The Bertz CT molecular complexity index is 1130. The molecule has 3 amide bonds. The first kappa shape index (κ1) is 29.4. The van der Waals surface area contributed by atoms with E-state index >= 15 is 0 Å². The van der Waals surface area contributed by atoms with Crippen LogP contribution in [0.15, 0.2) is 36.5 Å². The van der Waals surface area contributed by atoms with Crippen LogP contribution in [0, 0.1) is 0 Å². The summed E-state index contributed by atoms with van der Waals surface area (Å²) in [7, 11) is 4.05. The summed E-state index contributed by atoms with van der Waals surface area (Å²) in [4.78, 5) is 37.1. The van der Waals surface area contributed by atoms with Crippen LogP contribution in [-0.2, 0) is 11.2 Å². The summed E-state index contributed by atoms with van der Waals surface area (Å²) in [5.74, 6) is 0.911. The van der Waals surface area contributed by atoms with Gasteiger partial charge in [0.05, 0.1) is 5.69 Å². The number of pyridine rings is 1. The summed E-state index contributed by atoms with van der Waals surface area (Å²) in [6.07, 6.45) is 5.65. The van der Waals surface area contributed by atoms with Crippen molar-refractivity contribution in [3.8, 4) is 5.75 Å². The Kier molecular flexibility index (Phi) is 10.3. The minimum Gasteiger partial charge on any atom is -0.487 e. The molecule has 10 heteroatoms. The van der Waals surface area contributed by atoms with E-state index in [1.54, 1.807) is 23.2 Å². The fourth-order valence-electron chi connectivity index (χ4n) is 5.44. The van der Waals surface area contributed by atoms with Crippen LogP contribution in [0.25, 0.3) is 0 Å². The molecule has 0 unspecified atom stereocenters. The van der Waals surface area contributed by atoms with Gasteiger partial charge in [-0.05, 0) is 76.5 Å². The second-order valence-corrected chi connectivity index (χ2v) is 11.7. The molecule has 4 rings (SSSR count). The van der Waals surface area contributed by atoms with E-state index in [2.05, 4.69) is 22.1 Å². The summed E-state index contributed by atoms with van der Waals surface area (Å²) >= 11 is 12.5. The van der Waals surface area contributed by atoms with Gasteiger partial charge in [-0.15, -0.1) is 0 Å². The van der Waals surface area contributed by atoms with E-state index < -0.39 is 6.04 Å². The second-order valence-electron chi connectivity index (χ2n) is 10.8. The first-order valence-electron chi connectivity index (χ1n) is 13.8. The number of ether oxygens (including phenoxy) is 1. The summed E-state index contributed by atoms with van der Waals surface area (Å²) < 4.78 is 6.24. The van der Waals surface area contributed by atoms with Crippen molar-refractivity contribution < 1.29 is 14.3 Å². The van der Waals surface area contributed by atoms with Gasteiger partial charge in [0.2, 0.25) is 5.91 Å². The maximum Gasteiger partial charge on any atom is 0.318 e. The van der Waals surface area contributed by atoms with Crippen LogP contribution < -0.4 is 10.1 Å². The average molecular weight is 577 g/mol. The van der Waals surface area contributed by atoms with Crippen molar-refractivity contribution in [3.05, 3.63) is 57.8 Å². The molecule has 0 spiro atoms. The maximum atomic E-state index is 13.8. The van der Waals surface area contributed by atoms with Crippen LogP contribution in [0.2, 0.25) is 10.0 Å². The minimum atomic E-state index is -0.714. The molecular weight excluding hydrogens is 537 g/mol. The zero-order chi connectivity index (χ0) is 27.9. The van der Waals surface area contributed by atoms with Gasteiger partial charge in [-0.1, -0.05) is 29.3 Å². The molecule has 1 aromatic carbocycles. The molecule has 2 aromatic rings. The van der Waals surface area contributed by atoms with Gasteiger partial charge in [0.25, 0.3) is 0 Å². The Labute approximate surface area is 241 Å². The molecule has 1 N–H and O–H groups in total. The number of hydrogen-bond donors (Lipinski definition) is 1. The topological polar surface area (TPSA) is 78.0 Å². The number of urea groups is 1. The van der Waals surface area contributed by atoms with Crippen molar-refractivity contribution in [2.45, 2.75) is 57.1 Å². The Morgan fingerprint density at radius 1 is 1.10 bits per heavy atom. The molecule has 39 heavy (non-hydrogen) atoms. The number of aromatic nitrogens is 1. The molecule has 0 saturated carbocycles. The number of likely N-dealkylation sites (tertiary alicyclic amines) is 2. The third-order valence-electron chi connectivity index (χ3n) is 7.37. The third kappa shape index (κ3) is 7.99. The molecule has 1 aromatic heterocycles. The number of benzene rings is 1. The van der Waals surface area contributed by atoms with E-state index in [9.17, 15) is 9.59 Å². The van der Waals surface area contributed by atoms with Crippen LogP contribution in [0.4, 0.5) is 4.79 Å². The highest BCUT2D eigenvalue weighted by atomic mass is 35.5. The number of hydrogen-bond acceptors (Lipinski definition) is 5. The van der Waals surface area contributed by atoms with E-state index in [1.165, 1.54) is 0 Å². The van der Waals surface area contributed by atoms with E-state index in [4.69, 9.17) is 27.9 Å². The SMILES string of the molecule is C[C@H](CN(C)C)Oc1cccnc1C1CCN(C(=O)[C@@H](Cc2ccc(Cl)cc2Cl)NC(=O)N2CCCC2)CC1. The van der Waals surface area contributed by atoms with Crippen molar-refractivity contribution in [3.63, 3.8) is 0 Å². The second kappa shape index (κ2) is 13.7. The predicted octanol–water partition coefficient (Wildman–Crippen LogP) is 4.84. The summed E-state index contributed by atoms with van der Waals surface area (Å²) in [6.45, 7) is 5.45. The van der Waals surface area contributed by atoms with Gasteiger partial charge in [-0.25, -0.2) is 4.79 Å². The molecule has 0 radical (unpaired) electrons. The smallest absolute Gasteiger partial charge is 0.318 e. The number of likely N-dealkylation sites (N-methyl/N-ethyl adjacent to an activating group) is 1. The van der Waals surface area contributed by atoms with Crippen LogP contribution in [-0.4, -0.2) is 90.6 Å². The fraction of sp³-hybridized carbons (Fsp3) is 0.552. The number of carbonyl (C=O) groups excluding carboxylic acids is 2. The van der Waals surface area contributed by atoms with Crippen molar-refractivity contribution in [1.29, 1.82) is 0 Å². The molecule has 2 saturated heterocycles. The van der Waals surface area contributed by atoms with Crippen molar-refractivity contribution in [2.75, 3.05) is 46.8 Å². The molecule has 2 aliphatic rings. The number of piperidine rings is 1. The van der Waals surface area contributed by atoms with Crippen LogP contribution in [0.1, 0.15) is 49.8 Å². The fourth-order valence-corrected chi connectivity index (χ4v) is 5.92. The van der Waals surface area contributed by atoms with Gasteiger partial charge < -0.3 is 24.8 Å². The van der Waals surface area contributed by atoms with Gasteiger partial charge in [0.15, 0.2) is 0 Å². The predicted molar refractivity (Wildman–Crippen MR) is 155 cm³/mol. The Hall–Kier alpha value is -2.55. The molecular formula is C29H39Cl2N5O3. The van der Waals surface area contributed by atoms with Crippen LogP contribution in [0.5, 0.6) is 5.75 Å². The number of amides is 3. The number of rotatable bonds is 9. The summed E-state index contributed by atoms with van der Waals surface area (Å²) in [5.41, 5.74) is 1.72. The highest BCUT2D eigenvalue weighted by molar-refractivity contribution is 6.35. The van der Waals surface area contributed by atoms with Gasteiger partial charge in [-0.2, -0.15) is 0 Å². The Morgan fingerprint density at radius 3 is 2.49 bits per heavy atom. The van der Waals surface area contributed by atoms with Gasteiger partial charge in [-0.3, -0.25) is 9.78 Å². The lowest BCUT2D eigenvalue weighted by Crippen LogP contribution is -2.54. The first-order valence-corrected chi connectivity index (χ1v) is 14.5. The normalized spacial score (nSPS) is 17.8. The molecule has 2 fully saturated rings. The van der Waals surface area contributed by atoms with Crippen molar-refractivity contribution in [1.82, 2.24) is 25.0 Å². The number of carbonyl (C=O) groups is 2. The zero-order valence-electron chi connectivity index (χ0n) is 23.0. The van der Waals surface area contributed by atoms with Gasteiger partial charge in [0.1, 0.15) is 17.9 Å². The highest BCUT2D eigenvalue weighted by Gasteiger charge is 2.33. The lowest BCUT2D eigenvalue weighted by Gasteiger charge is -2.35. The minimum absolute atomic E-state index is 0.0317. The zero-order valence-corrected chi connectivity index (χ0v) is 24.5. The molecule has 2 atom stereocenters. The summed E-state index contributed by atoms with van der Waals surface area (Å²) in [5, 5.41) is 4.02. The number of nitrogens with zero attached hydrogens (tertiary/aromatic N) is 4. The van der Waals surface area contributed by atoms with E-state index in [-0.39, 0.29) is 24.0 Å². The number of nitrogens with one attached hydrogen (secondary N) is 1. The molecule has 8 nitrogen and oxygen atoms in total. The lowest BCUT2D eigenvalue weighted by atomic mass is 9.91. The third-order valence-corrected chi connectivity index (χ3v) is 7.96. The van der Waals surface area contributed by atoms with Crippen LogP contribution in [0.3, 0.4) is 0 Å². The van der Waals surface area contributed by atoms with Crippen LogP contribution >= 0.6 is 23.2 Å². The monoisotopic (exact) mass is 575 g/mol. The average Bonchev–Trinajstić information content (AvgIpc) is 3.45. The van der Waals surface area contributed by atoms with Gasteiger partial charge in [0, 0.05) is 61.3 Å². The van der Waals surface area contributed by atoms with E-state index in [1.807, 2.05) is 37.2 Å². The number of halogens is 2. The molecule has 212 valence electrons. The Morgan fingerprint density at radius 2 is 1.82 bits per heavy atom. The molecule has 0 bridgehead atoms. The van der Waals surface area contributed by atoms with Crippen molar-refractivity contribution >= 4 is 35.1 Å². The molecule has 3 heterocycles. The largest absolute Gasteiger partial charge is 0.487 e. The summed E-state index contributed by atoms with van der Waals surface area (Å²) in [6, 6.07) is 8.20. The Balaban J connectivity index is 1.44. The van der Waals surface area contributed by atoms with E-state index in [0.717, 1.165) is 49.2 Å². The lowest BCUT2D eigenvalue weighted by molar-refractivity contribution is -0.134. The maximum absolute atomic E-state index is 13.8. The van der Waals surface area contributed by atoms with E-state index in [0.29, 0.717) is 42.6 Å². The standard InChI is InChI=1S/C29H39Cl2N5O3/c1-20(19-34(2)3)39-26-7-6-12-32-27(26)21-10-15-35(16-11-21)28(37)25(33-29(38)36-13-4-5-14-36)17-22-8-9-23(30)18-24(22)31/h6-9,12,18,20-21,25H,4-5,10-11,13-17,19H2,1-3H3,(H,33,38)/t20-,25-/m1/s1. The quantitative estimate of drug-likeness (QED) is 0.463. The van der Waals surface area contributed by atoms with Gasteiger partial charge >= 0.3 is 6.03 Å².